The van der Waals surface area contributed by atoms with Crippen LogP contribution in [0, 0.1) is 0 Å². The van der Waals surface area contributed by atoms with Crippen LogP contribution < -0.4 is 10.6 Å². The van der Waals surface area contributed by atoms with Crippen LogP contribution in [0.2, 0.25) is 0 Å². The lowest BCUT2D eigenvalue weighted by atomic mass is 10.2. The van der Waals surface area contributed by atoms with Crippen molar-refractivity contribution >= 4 is 29.9 Å². The second-order valence-corrected chi connectivity index (χ2v) is 7.62. The first-order valence-corrected chi connectivity index (χ1v) is 10.1. The third-order valence-electron chi connectivity index (χ3n) is 5.25. The van der Waals surface area contributed by atoms with Gasteiger partial charge in [0.25, 0.3) is 0 Å². The molecule has 156 valence electrons. The predicted molar refractivity (Wildman–Crippen MR) is 125 cm³/mol. The normalized spacial score (nSPS) is 18.3. The van der Waals surface area contributed by atoms with Crippen LogP contribution in [0.15, 0.2) is 4.99 Å². The van der Waals surface area contributed by atoms with Crippen molar-refractivity contribution in [2.75, 3.05) is 59.4 Å². The number of likely N-dealkylation sites (N-methyl/N-ethyl adjacent to an activating group) is 1. The molecule has 0 aliphatic carbocycles. The highest BCUT2D eigenvalue weighted by molar-refractivity contribution is 14.0. The lowest BCUT2D eigenvalue weighted by molar-refractivity contribution is 0.107. The van der Waals surface area contributed by atoms with E-state index in [1.165, 1.54) is 32.7 Å². The molecule has 26 heavy (non-hydrogen) atoms. The molecule has 2 N–H and O–H groups in total. The number of nitrogens with zero attached hydrogens (tertiary/aromatic N) is 4. The van der Waals surface area contributed by atoms with Crippen LogP contribution in [0.1, 0.15) is 41.5 Å². The smallest absolute Gasteiger partial charge is 0.191 e. The van der Waals surface area contributed by atoms with Crippen LogP contribution in [-0.4, -0.2) is 98.2 Å². The first-order valence-electron chi connectivity index (χ1n) is 10.1. The fraction of sp³-hybridized carbons (Fsp3) is 0.947. The van der Waals surface area contributed by atoms with E-state index in [-0.39, 0.29) is 24.0 Å². The summed E-state index contributed by atoms with van der Waals surface area (Å²) < 4.78 is 0. The van der Waals surface area contributed by atoms with E-state index in [2.05, 4.69) is 71.9 Å². The SMILES string of the molecule is CCN1CCN(C(C)CNC(=NC)NCCN(C(C)C)C(C)C)CC1.I. The number of hydrogen-bond acceptors (Lipinski definition) is 4. The zero-order chi connectivity index (χ0) is 18.8. The number of guanidine groups is 1. The third kappa shape index (κ3) is 9.19. The minimum absolute atomic E-state index is 0. The Morgan fingerprint density at radius 1 is 1.00 bits per heavy atom. The molecule has 6 nitrogen and oxygen atoms in total. The maximum Gasteiger partial charge on any atom is 0.191 e. The molecule has 0 amide bonds. The van der Waals surface area contributed by atoms with Crippen molar-refractivity contribution in [2.24, 2.45) is 4.99 Å². The van der Waals surface area contributed by atoms with E-state index in [1.807, 2.05) is 7.05 Å². The van der Waals surface area contributed by atoms with Crippen LogP contribution in [0.4, 0.5) is 0 Å². The van der Waals surface area contributed by atoms with Gasteiger partial charge in [-0.15, -0.1) is 24.0 Å². The van der Waals surface area contributed by atoms with E-state index in [4.69, 9.17) is 0 Å². The lowest BCUT2D eigenvalue weighted by Gasteiger charge is -2.37. The molecule has 0 aromatic carbocycles. The second-order valence-electron chi connectivity index (χ2n) is 7.62. The third-order valence-corrected chi connectivity index (χ3v) is 5.25. The summed E-state index contributed by atoms with van der Waals surface area (Å²) in [6, 6.07) is 1.66. The molecule has 1 aliphatic rings. The van der Waals surface area contributed by atoms with Gasteiger partial charge in [-0.25, -0.2) is 0 Å². The fourth-order valence-corrected chi connectivity index (χ4v) is 3.53. The summed E-state index contributed by atoms with van der Waals surface area (Å²) in [5.74, 6) is 0.909. The van der Waals surface area contributed by atoms with Crippen LogP contribution in [-0.2, 0) is 0 Å². The Morgan fingerprint density at radius 3 is 2.04 bits per heavy atom. The summed E-state index contributed by atoms with van der Waals surface area (Å²) in [6.07, 6.45) is 0. The maximum absolute atomic E-state index is 4.37. The molecule has 1 heterocycles. The summed E-state index contributed by atoms with van der Waals surface area (Å²) in [5, 5.41) is 6.94. The van der Waals surface area contributed by atoms with Crippen molar-refractivity contribution in [2.45, 2.75) is 59.7 Å². The van der Waals surface area contributed by atoms with Gasteiger partial charge in [0.1, 0.15) is 0 Å². The summed E-state index contributed by atoms with van der Waals surface area (Å²) in [4.78, 5) is 12.0. The second kappa shape index (κ2) is 14.0. The Labute approximate surface area is 179 Å². The van der Waals surface area contributed by atoms with Gasteiger partial charge in [0, 0.05) is 71.0 Å². The van der Waals surface area contributed by atoms with E-state index in [0.29, 0.717) is 18.1 Å². The van der Waals surface area contributed by atoms with E-state index >= 15 is 0 Å². The van der Waals surface area contributed by atoms with Gasteiger partial charge >= 0.3 is 0 Å². The molecule has 1 unspecified atom stereocenters. The van der Waals surface area contributed by atoms with Crippen molar-refractivity contribution < 1.29 is 0 Å². The van der Waals surface area contributed by atoms with Crippen LogP contribution in [0.3, 0.4) is 0 Å². The number of rotatable bonds is 9. The molecule has 1 aliphatic heterocycles. The highest BCUT2D eigenvalue weighted by Crippen LogP contribution is 2.05. The standard InChI is InChI=1S/C19H42N6.HI/c1-8-23-11-13-24(14-12-23)18(6)15-22-19(20-7)21-9-10-25(16(2)3)17(4)5;/h16-18H,8-15H2,1-7H3,(H2,20,21,22);1H. The fourth-order valence-electron chi connectivity index (χ4n) is 3.53. The Morgan fingerprint density at radius 2 is 1.58 bits per heavy atom. The number of hydrogen-bond donors (Lipinski definition) is 2. The van der Waals surface area contributed by atoms with Crippen LogP contribution in [0.25, 0.3) is 0 Å². The van der Waals surface area contributed by atoms with Crippen molar-refractivity contribution in [3.05, 3.63) is 0 Å². The summed E-state index contributed by atoms with van der Waals surface area (Å²) in [5.41, 5.74) is 0. The van der Waals surface area contributed by atoms with Gasteiger partial charge in [-0.2, -0.15) is 0 Å². The quantitative estimate of drug-likeness (QED) is 0.299. The number of piperazine rings is 1. The Balaban J connectivity index is 0.00000625. The summed E-state index contributed by atoms with van der Waals surface area (Å²) in [7, 11) is 1.85. The monoisotopic (exact) mass is 482 g/mol. The molecular formula is C19H43IN6. The molecule has 0 bridgehead atoms. The molecule has 0 aromatic heterocycles. The molecule has 7 heteroatoms. The Bertz CT molecular complexity index is 372. The highest BCUT2D eigenvalue weighted by atomic mass is 127. The topological polar surface area (TPSA) is 46.1 Å². The average Bonchev–Trinajstić information content (AvgIpc) is 2.60. The van der Waals surface area contributed by atoms with Crippen molar-refractivity contribution in [1.82, 2.24) is 25.3 Å². The zero-order valence-electron chi connectivity index (χ0n) is 18.1. The predicted octanol–water partition coefficient (Wildman–Crippen LogP) is 1.91. The van der Waals surface area contributed by atoms with Gasteiger partial charge in [0.05, 0.1) is 0 Å². The molecule has 0 saturated carbocycles. The van der Waals surface area contributed by atoms with E-state index in [1.54, 1.807) is 0 Å². The summed E-state index contributed by atoms with van der Waals surface area (Å²) in [6.45, 7) is 22.3. The van der Waals surface area contributed by atoms with Gasteiger partial charge in [-0.1, -0.05) is 6.92 Å². The number of nitrogens with one attached hydrogen (secondary N) is 2. The van der Waals surface area contributed by atoms with Crippen molar-refractivity contribution in [3.63, 3.8) is 0 Å². The van der Waals surface area contributed by atoms with Crippen LogP contribution >= 0.6 is 24.0 Å². The first kappa shape index (κ1) is 25.9. The van der Waals surface area contributed by atoms with Gasteiger partial charge in [-0.05, 0) is 41.2 Å². The summed E-state index contributed by atoms with van der Waals surface area (Å²) >= 11 is 0. The van der Waals surface area contributed by atoms with Crippen molar-refractivity contribution in [1.29, 1.82) is 0 Å². The molecule has 1 saturated heterocycles. The highest BCUT2D eigenvalue weighted by Gasteiger charge is 2.20. The molecule has 0 aromatic rings. The number of halogens is 1. The minimum Gasteiger partial charge on any atom is -0.355 e. The number of aliphatic imine (C=N–C) groups is 1. The molecular weight excluding hydrogens is 439 g/mol. The van der Waals surface area contributed by atoms with Gasteiger partial charge < -0.3 is 15.5 Å². The first-order chi connectivity index (χ1) is 11.9. The molecule has 0 radical (unpaired) electrons. The van der Waals surface area contributed by atoms with Gasteiger partial charge in [0.2, 0.25) is 0 Å². The van der Waals surface area contributed by atoms with Gasteiger partial charge in [0.15, 0.2) is 5.96 Å². The molecule has 1 fully saturated rings. The molecule has 1 rings (SSSR count). The molecule has 1 atom stereocenters. The lowest BCUT2D eigenvalue weighted by Crippen LogP contribution is -2.53. The van der Waals surface area contributed by atoms with Gasteiger partial charge in [-0.3, -0.25) is 14.8 Å². The Kier molecular flexibility index (Phi) is 13.9. The molecule has 0 spiro atoms. The zero-order valence-corrected chi connectivity index (χ0v) is 20.4. The van der Waals surface area contributed by atoms with E-state index in [0.717, 1.165) is 25.6 Å². The Hall–Kier alpha value is -0.120. The van der Waals surface area contributed by atoms with E-state index < -0.39 is 0 Å². The average molecular weight is 482 g/mol. The van der Waals surface area contributed by atoms with E-state index in [9.17, 15) is 0 Å². The van der Waals surface area contributed by atoms with Crippen molar-refractivity contribution in [3.8, 4) is 0 Å². The van der Waals surface area contributed by atoms with Crippen LogP contribution in [0.5, 0.6) is 0 Å². The maximum atomic E-state index is 4.37. The minimum atomic E-state index is 0. The largest absolute Gasteiger partial charge is 0.355 e.